The third-order valence-corrected chi connectivity index (χ3v) is 4.03. The van der Waals surface area contributed by atoms with Crippen LogP contribution in [0, 0.1) is 18.3 Å². The highest BCUT2D eigenvalue weighted by Gasteiger charge is 2.25. The van der Waals surface area contributed by atoms with Crippen LogP contribution >= 0.6 is 0 Å². The molecule has 0 saturated carbocycles. The van der Waals surface area contributed by atoms with Crippen molar-refractivity contribution in [2.24, 2.45) is 0 Å². The van der Waals surface area contributed by atoms with Gasteiger partial charge in [0.05, 0.1) is 11.6 Å². The van der Waals surface area contributed by atoms with Crippen LogP contribution in [0.4, 0.5) is 5.69 Å². The molecule has 1 N–H and O–H groups in total. The number of carbonyl (C=O) groups is 2. The lowest BCUT2D eigenvalue weighted by molar-refractivity contribution is -0.120. The number of likely N-dealkylation sites (N-methyl/N-ethyl adjacent to an activating group) is 1. The second-order valence-electron chi connectivity index (χ2n) is 5.81. The van der Waals surface area contributed by atoms with Gasteiger partial charge in [0, 0.05) is 17.8 Å². The molecule has 0 heterocycles. The van der Waals surface area contributed by atoms with Gasteiger partial charge in [-0.2, -0.15) is 5.26 Å². The molecule has 0 fully saturated rings. The van der Waals surface area contributed by atoms with Gasteiger partial charge in [-0.25, -0.2) is 0 Å². The first-order valence-electron chi connectivity index (χ1n) is 8.15. The first kappa shape index (κ1) is 18.2. The predicted octanol–water partition coefficient (Wildman–Crippen LogP) is 3.36. The zero-order chi connectivity index (χ0) is 18.4. The number of anilines is 1. The summed E-state index contributed by atoms with van der Waals surface area (Å²) in [5, 5.41) is 11.7. The van der Waals surface area contributed by atoms with Gasteiger partial charge in [-0.15, -0.1) is 0 Å². The molecule has 0 aliphatic carbocycles. The third-order valence-electron chi connectivity index (χ3n) is 4.03. The molecule has 0 aliphatic rings. The first-order valence-corrected chi connectivity index (χ1v) is 8.15. The maximum Gasteiger partial charge on any atom is 0.254 e. The Morgan fingerprint density at radius 3 is 2.24 bits per heavy atom. The molecule has 0 spiro atoms. The second-order valence-corrected chi connectivity index (χ2v) is 5.81. The van der Waals surface area contributed by atoms with Crippen molar-refractivity contribution in [1.29, 1.82) is 5.26 Å². The summed E-state index contributed by atoms with van der Waals surface area (Å²) in [6.07, 6.45) is 0. The van der Waals surface area contributed by atoms with E-state index in [2.05, 4.69) is 5.32 Å². The molecule has 2 amide bonds. The van der Waals surface area contributed by atoms with E-state index in [1.807, 2.05) is 44.2 Å². The molecule has 1 atom stereocenters. The number of aryl methyl sites for hydroxylation is 1. The summed E-state index contributed by atoms with van der Waals surface area (Å²) in [6, 6.07) is 15.3. The van der Waals surface area contributed by atoms with Crippen LogP contribution in [0.2, 0.25) is 0 Å². The van der Waals surface area contributed by atoms with Crippen molar-refractivity contribution in [3.63, 3.8) is 0 Å². The molecule has 25 heavy (non-hydrogen) atoms. The Bertz CT molecular complexity index is 789. The van der Waals surface area contributed by atoms with Crippen LogP contribution in [0.15, 0.2) is 48.5 Å². The number of nitrogens with one attached hydrogen (secondary N) is 1. The van der Waals surface area contributed by atoms with Crippen molar-refractivity contribution in [3.8, 4) is 6.07 Å². The van der Waals surface area contributed by atoms with Gasteiger partial charge in [-0.05, 0) is 57.2 Å². The van der Waals surface area contributed by atoms with E-state index in [1.165, 1.54) is 4.90 Å². The van der Waals surface area contributed by atoms with Crippen molar-refractivity contribution in [1.82, 2.24) is 4.90 Å². The third kappa shape index (κ3) is 4.45. The molecule has 128 valence electrons. The molecule has 0 aromatic heterocycles. The lowest BCUT2D eigenvalue weighted by atomic mass is 10.1. The van der Waals surface area contributed by atoms with E-state index < -0.39 is 6.04 Å². The van der Waals surface area contributed by atoms with E-state index in [0.29, 0.717) is 23.4 Å². The Labute approximate surface area is 147 Å². The number of benzene rings is 2. The number of hydrogen-bond donors (Lipinski definition) is 1. The van der Waals surface area contributed by atoms with Gasteiger partial charge < -0.3 is 10.2 Å². The van der Waals surface area contributed by atoms with Gasteiger partial charge in [0.1, 0.15) is 6.04 Å². The quantitative estimate of drug-likeness (QED) is 0.910. The maximum atomic E-state index is 12.7. The lowest BCUT2D eigenvalue weighted by Crippen LogP contribution is -2.45. The number of rotatable bonds is 5. The summed E-state index contributed by atoms with van der Waals surface area (Å²) in [6.45, 7) is 5.91. The molecular formula is C20H21N3O2. The fourth-order valence-electron chi connectivity index (χ4n) is 2.47. The Hall–Kier alpha value is -3.13. The average molecular weight is 335 g/mol. The SMILES string of the molecule is CCN(C(=O)c1ccc(C#N)cc1)[C@H](C)C(=O)Nc1ccc(C)cc1. The monoisotopic (exact) mass is 335 g/mol. The van der Waals surface area contributed by atoms with Crippen molar-refractivity contribution in [2.45, 2.75) is 26.8 Å². The largest absolute Gasteiger partial charge is 0.327 e. The lowest BCUT2D eigenvalue weighted by Gasteiger charge is -2.27. The topological polar surface area (TPSA) is 73.2 Å². The van der Waals surface area contributed by atoms with Crippen LogP contribution in [0.5, 0.6) is 0 Å². The highest BCUT2D eigenvalue weighted by atomic mass is 16.2. The number of nitriles is 1. The van der Waals surface area contributed by atoms with Gasteiger partial charge in [0.2, 0.25) is 5.91 Å². The molecular weight excluding hydrogens is 314 g/mol. The van der Waals surface area contributed by atoms with Crippen LogP contribution in [0.3, 0.4) is 0 Å². The summed E-state index contributed by atoms with van der Waals surface area (Å²) in [4.78, 5) is 26.7. The van der Waals surface area contributed by atoms with E-state index in [4.69, 9.17) is 5.26 Å². The van der Waals surface area contributed by atoms with Gasteiger partial charge in [-0.1, -0.05) is 17.7 Å². The van der Waals surface area contributed by atoms with Crippen LogP contribution in [0.25, 0.3) is 0 Å². The minimum absolute atomic E-state index is 0.237. The van der Waals surface area contributed by atoms with E-state index in [9.17, 15) is 9.59 Å². The summed E-state index contributed by atoms with van der Waals surface area (Å²) in [5.74, 6) is -0.480. The van der Waals surface area contributed by atoms with Crippen LogP contribution in [-0.4, -0.2) is 29.3 Å². The minimum atomic E-state index is -0.616. The summed E-state index contributed by atoms with van der Waals surface area (Å²) >= 11 is 0. The zero-order valence-electron chi connectivity index (χ0n) is 14.6. The predicted molar refractivity (Wildman–Crippen MR) is 97.1 cm³/mol. The van der Waals surface area contributed by atoms with Crippen LogP contribution in [-0.2, 0) is 4.79 Å². The molecule has 2 aromatic carbocycles. The molecule has 0 radical (unpaired) electrons. The maximum absolute atomic E-state index is 12.7. The number of nitrogens with zero attached hydrogens (tertiary/aromatic N) is 2. The molecule has 5 nitrogen and oxygen atoms in total. The molecule has 2 aromatic rings. The van der Waals surface area contributed by atoms with Crippen LogP contribution < -0.4 is 5.32 Å². The fourth-order valence-corrected chi connectivity index (χ4v) is 2.47. The average Bonchev–Trinajstić information content (AvgIpc) is 2.64. The van der Waals surface area contributed by atoms with Gasteiger partial charge in [0.15, 0.2) is 0 Å². The van der Waals surface area contributed by atoms with Crippen molar-refractivity contribution < 1.29 is 9.59 Å². The Kier molecular flexibility index (Phi) is 5.91. The fraction of sp³-hybridized carbons (Fsp3) is 0.250. The van der Waals surface area contributed by atoms with Crippen molar-refractivity contribution >= 4 is 17.5 Å². The molecule has 0 aliphatic heterocycles. The molecule has 0 saturated heterocycles. The van der Waals surface area contributed by atoms with Crippen molar-refractivity contribution in [3.05, 3.63) is 65.2 Å². The Morgan fingerprint density at radius 1 is 1.12 bits per heavy atom. The standard InChI is InChI=1S/C20H21N3O2/c1-4-23(20(25)17-9-7-16(13-21)8-10-17)15(3)19(24)22-18-11-5-14(2)6-12-18/h5-12,15H,4H2,1-3H3,(H,22,24)/t15-/m1/s1. The van der Waals surface area contributed by atoms with Gasteiger partial charge in [0.25, 0.3) is 5.91 Å². The second kappa shape index (κ2) is 8.11. The first-order chi connectivity index (χ1) is 12.0. The minimum Gasteiger partial charge on any atom is -0.327 e. The van der Waals surface area contributed by atoms with Crippen LogP contribution in [0.1, 0.15) is 35.3 Å². The van der Waals surface area contributed by atoms with E-state index >= 15 is 0 Å². The number of hydrogen-bond acceptors (Lipinski definition) is 3. The van der Waals surface area contributed by atoms with E-state index in [-0.39, 0.29) is 11.8 Å². The van der Waals surface area contributed by atoms with Crippen molar-refractivity contribution in [2.75, 3.05) is 11.9 Å². The van der Waals surface area contributed by atoms with E-state index in [0.717, 1.165) is 5.56 Å². The Balaban J connectivity index is 2.11. The van der Waals surface area contributed by atoms with Gasteiger partial charge in [-0.3, -0.25) is 9.59 Å². The molecule has 5 heteroatoms. The zero-order valence-corrected chi connectivity index (χ0v) is 14.6. The molecule has 2 rings (SSSR count). The highest BCUT2D eigenvalue weighted by molar-refractivity contribution is 6.01. The molecule has 0 unspecified atom stereocenters. The van der Waals surface area contributed by atoms with E-state index in [1.54, 1.807) is 31.2 Å². The smallest absolute Gasteiger partial charge is 0.254 e. The number of carbonyl (C=O) groups excluding carboxylic acids is 2. The highest BCUT2D eigenvalue weighted by Crippen LogP contribution is 2.13. The summed E-state index contributed by atoms with van der Waals surface area (Å²) in [5.41, 5.74) is 2.75. The molecule has 0 bridgehead atoms. The van der Waals surface area contributed by atoms with Gasteiger partial charge >= 0.3 is 0 Å². The Morgan fingerprint density at radius 2 is 1.72 bits per heavy atom. The number of amides is 2. The normalized spacial score (nSPS) is 11.3. The summed E-state index contributed by atoms with van der Waals surface area (Å²) in [7, 11) is 0. The summed E-state index contributed by atoms with van der Waals surface area (Å²) < 4.78 is 0.